The average molecular weight is 406 g/mol. The van der Waals surface area contributed by atoms with Gasteiger partial charge in [-0.05, 0) is 49.2 Å². The zero-order valence-electron chi connectivity index (χ0n) is 16.0. The highest BCUT2D eigenvalue weighted by Gasteiger charge is 2.13. The lowest BCUT2D eigenvalue weighted by molar-refractivity contribution is -0.124. The van der Waals surface area contributed by atoms with Crippen molar-refractivity contribution >= 4 is 23.5 Å². The highest BCUT2D eigenvalue weighted by molar-refractivity contribution is 6.30. The van der Waals surface area contributed by atoms with Gasteiger partial charge in [-0.1, -0.05) is 23.7 Å². The zero-order chi connectivity index (χ0) is 20.4. The Morgan fingerprint density at radius 3 is 2.54 bits per heavy atom. The Bertz CT molecular complexity index is 792. The molecule has 0 spiro atoms. The van der Waals surface area contributed by atoms with Gasteiger partial charge in [-0.15, -0.1) is 0 Å². The minimum Gasteiger partial charge on any atom is -0.496 e. The van der Waals surface area contributed by atoms with Crippen LogP contribution >= 0.6 is 11.6 Å². The Kier molecular flexibility index (Phi) is 8.78. The van der Waals surface area contributed by atoms with E-state index in [9.17, 15) is 9.59 Å². The van der Waals surface area contributed by atoms with Crippen molar-refractivity contribution in [3.63, 3.8) is 0 Å². The first-order valence-corrected chi connectivity index (χ1v) is 9.34. The summed E-state index contributed by atoms with van der Waals surface area (Å²) in [6.07, 6.45) is 0.663. The highest BCUT2D eigenvalue weighted by Crippen LogP contribution is 2.21. The Hall–Kier alpha value is -2.57. The molecule has 0 heterocycles. The fraction of sp³-hybridized carbons (Fsp3) is 0.333. The molecule has 0 atom stereocenters. The standard InChI is InChI=1S/C21H24ClNO5/c1-3-27-13-17-12-16(6-9-19(17)26-2)21(25)28-14-20(24)23-11-10-15-4-7-18(22)8-5-15/h4-9,12H,3,10-11,13-14H2,1-2H3,(H,23,24). The van der Waals surface area contributed by atoms with Crippen LogP contribution in [0, 0.1) is 0 Å². The Morgan fingerprint density at radius 2 is 1.86 bits per heavy atom. The highest BCUT2D eigenvalue weighted by atomic mass is 35.5. The third kappa shape index (κ3) is 6.87. The molecule has 0 saturated heterocycles. The molecule has 0 saturated carbocycles. The maximum Gasteiger partial charge on any atom is 0.338 e. The molecule has 2 aromatic carbocycles. The first kappa shape index (κ1) is 21.7. The summed E-state index contributed by atoms with van der Waals surface area (Å²) in [4.78, 5) is 24.1. The third-order valence-electron chi connectivity index (χ3n) is 3.96. The van der Waals surface area contributed by atoms with Crippen LogP contribution in [0.25, 0.3) is 0 Å². The SMILES string of the molecule is CCOCc1cc(C(=O)OCC(=O)NCCc2ccc(Cl)cc2)ccc1OC. The summed E-state index contributed by atoms with van der Waals surface area (Å²) < 4.78 is 15.7. The van der Waals surface area contributed by atoms with Crippen LogP contribution in [0.15, 0.2) is 42.5 Å². The topological polar surface area (TPSA) is 73.9 Å². The monoisotopic (exact) mass is 405 g/mol. The van der Waals surface area contributed by atoms with Crippen molar-refractivity contribution in [1.29, 1.82) is 0 Å². The summed E-state index contributed by atoms with van der Waals surface area (Å²) >= 11 is 5.84. The number of halogens is 1. The van der Waals surface area contributed by atoms with E-state index in [1.54, 1.807) is 37.4 Å². The van der Waals surface area contributed by atoms with E-state index in [0.29, 0.717) is 42.5 Å². The van der Waals surface area contributed by atoms with Crippen molar-refractivity contribution < 1.29 is 23.8 Å². The van der Waals surface area contributed by atoms with Crippen molar-refractivity contribution in [2.45, 2.75) is 20.0 Å². The summed E-state index contributed by atoms with van der Waals surface area (Å²) in [6, 6.07) is 12.3. The number of amides is 1. The van der Waals surface area contributed by atoms with Crippen LogP contribution < -0.4 is 10.1 Å². The molecule has 7 heteroatoms. The predicted octanol–water partition coefficient (Wildman–Crippen LogP) is 3.40. The van der Waals surface area contributed by atoms with Crippen LogP contribution in [0.2, 0.25) is 5.02 Å². The summed E-state index contributed by atoms with van der Waals surface area (Å²) in [7, 11) is 1.55. The average Bonchev–Trinajstić information content (AvgIpc) is 2.71. The molecule has 150 valence electrons. The van der Waals surface area contributed by atoms with E-state index in [1.807, 2.05) is 19.1 Å². The third-order valence-corrected chi connectivity index (χ3v) is 4.21. The van der Waals surface area contributed by atoms with Gasteiger partial charge in [0.25, 0.3) is 5.91 Å². The Labute approximate surface area is 169 Å². The van der Waals surface area contributed by atoms with Gasteiger partial charge in [0, 0.05) is 23.7 Å². The maximum absolute atomic E-state index is 12.2. The second-order valence-corrected chi connectivity index (χ2v) is 6.40. The van der Waals surface area contributed by atoms with Gasteiger partial charge in [0.2, 0.25) is 0 Å². The number of esters is 1. The van der Waals surface area contributed by atoms with Crippen molar-refractivity contribution in [3.05, 3.63) is 64.2 Å². The molecule has 0 unspecified atom stereocenters. The quantitative estimate of drug-likeness (QED) is 0.613. The van der Waals surface area contributed by atoms with E-state index >= 15 is 0 Å². The fourth-order valence-corrected chi connectivity index (χ4v) is 2.62. The van der Waals surface area contributed by atoms with Crippen LogP contribution in [0.5, 0.6) is 5.75 Å². The maximum atomic E-state index is 12.2. The second kappa shape index (κ2) is 11.3. The van der Waals surface area contributed by atoms with Gasteiger partial charge in [0.1, 0.15) is 5.75 Å². The molecule has 28 heavy (non-hydrogen) atoms. The Morgan fingerprint density at radius 1 is 1.11 bits per heavy atom. The number of nitrogens with one attached hydrogen (secondary N) is 1. The molecule has 0 aromatic heterocycles. The van der Waals surface area contributed by atoms with E-state index < -0.39 is 5.97 Å². The molecule has 0 aliphatic carbocycles. The lowest BCUT2D eigenvalue weighted by Crippen LogP contribution is -2.30. The molecule has 0 aliphatic heterocycles. The van der Waals surface area contributed by atoms with Crippen molar-refractivity contribution in [1.82, 2.24) is 5.32 Å². The molecule has 2 rings (SSSR count). The molecular formula is C21H24ClNO5. The summed E-state index contributed by atoms with van der Waals surface area (Å²) in [6.45, 7) is 2.86. The van der Waals surface area contributed by atoms with E-state index in [-0.39, 0.29) is 12.5 Å². The number of hydrogen-bond donors (Lipinski definition) is 1. The van der Waals surface area contributed by atoms with Gasteiger partial charge in [0.15, 0.2) is 6.61 Å². The fourth-order valence-electron chi connectivity index (χ4n) is 2.49. The number of ether oxygens (including phenoxy) is 3. The van der Waals surface area contributed by atoms with Gasteiger partial charge in [0.05, 0.1) is 19.3 Å². The van der Waals surface area contributed by atoms with Gasteiger partial charge >= 0.3 is 5.97 Å². The number of hydrogen-bond acceptors (Lipinski definition) is 5. The van der Waals surface area contributed by atoms with Crippen LogP contribution in [0.3, 0.4) is 0 Å². The zero-order valence-corrected chi connectivity index (χ0v) is 16.8. The van der Waals surface area contributed by atoms with Crippen LogP contribution in [-0.4, -0.2) is 38.7 Å². The molecule has 0 aliphatic rings. The van der Waals surface area contributed by atoms with Gasteiger partial charge in [-0.2, -0.15) is 0 Å². The first-order chi connectivity index (χ1) is 13.5. The van der Waals surface area contributed by atoms with Crippen LogP contribution in [0.1, 0.15) is 28.4 Å². The van der Waals surface area contributed by atoms with Crippen LogP contribution in [-0.2, 0) is 27.3 Å². The minimum absolute atomic E-state index is 0.325. The summed E-state index contributed by atoms with van der Waals surface area (Å²) in [5, 5.41) is 3.39. The van der Waals surface area contributed by atoms with E-state index in [2.05, 4.69) is 5.32 Å². The number of rotatable bonds is 10. The van der Waals surface area contributed by atoms with Gasteiger partial charge in [-0.25, -0.2) is 4.79 Å². The van der Waals surface area contributed by atoms with Gasteiger partial charge in [-0.3, -0.25) is 4.79 Å². The molecule has 1 amide bonds. The van der Waals surface area contributed by atoms with Crippen molar-refractivity contribution in [2.24, 2.45) is 0 Å². The number of carbonyl (C=O) groups excluding carboxylic acids is 2. The van der Waals surface area contributed by atoms with Crippen molar-refractivity contribution in [3.8, 4) is 5.75 Å². The Balaban J connectivity index is 1.80. The normalized spacial score (nSPS) is 10.4. The van der Waals surface area contributed by atoms with E-state index in [4.69, 9.17) is 25.8 Å². The molecule has 2 aromatic rings. The van der Waals surface area contributed by atoms with Crippen LogP contribution in [0.4, 0.5) is 0 Å². The lowest BCUT2D eigenvalue weighted by atomic mass is 10.1. The largest absolute Gasteiger partial charge is 0.496 e. The number of methoxy groups -OCH3 is 1. The molecule has 1 N–H and O–H groups in total. The molecular weight excluding hydrogens is 382 g/mol. The molecule has 0 fully saturated rings. The smallest absolute Gasteiger partial charge is 0.338 e. The van der Waals surface area contributed by atoms with Crippen molar-refractivity contribution in [2.75, 3.05) is 26.9 Å². The minimum atomic E-state index is -0.576. The first-order valence-electron chi connectivity index (χ1n) is 8.96. The second-order valence-electron chi connectivity index (χ2n) is 5.97. The predicted molar refractivity (Wildman–Crippen MR) is 107 cm³/mol. The summed E-state index contributed by atoms with van der Waals surface area (Å²) in [5.74, 6) is -0.302. The molecule has 6 nitrogen and oxygen atoms in total. The number of carbonyl (C=O) groups is 2. The lowest BCUT2D eigenvalue weighted by Gasteiger charge is -2.11. The molecule has 0 bridgehead atoms. The number of benzene rings is 2. The molecule has 0 radical (unpaired) electrons. The van der Waals surface area contributed by atoms with Gasteiger partial charge < -0.3 is 19.5 Å². The summed E-state index contributed by atoms with van der Waals surface area (Å²) in [5.41, 5.74) is 2.14. The van der Waals surface area contributed by atoms with E-state index in [1.165, 1.54) is 0 Å². The van der Waals surface area contributed by atoms with E-state index in [0.717, 1.165) is 11.1 Å².